The summed E-state index contributed by atoms with van der Waals surface area (Å²) in [5.74, 6) is 0.855. The van der Waals surface area contributed by atoms with Crippen molar-refractivity contribution in [3.05, 3.63) is 23.7 Å². The zero-order valence-corrected chi connectivity index (χ0v) is 19.7. The summed E-state index contributed by atoms with van der Waals surface area (Å²) in [7, 11) is -3.55. The van der Waals surface area contributed by atoms with Gasteiger partial charge in [-0.3, -0.25) is 0 Å². The summed E-state index contributed by atoms with van der Waals surface area (Å²) in [5.41, 5.74) is 0.994. The molecule has 6 heteroatoms. The molecule has 0 atom stereocenters. The first-order valence-electron chi connectivity index (χ1n) is 8.42. The Hall–Kier alpha value is 0.231. The third-order valence-corrected chi connectivity index (χ3v) is 14.5. The smallest absolute Gasteiger partial charge is 0.571 e. The Bertz CT molecular complexity index is 467. The second kappa shape index (κ2) is 8.28. The summed E-state index contributed by atoms with van der Waals surface area (Å²) in [6.07, 6.45) is 1.62. The second-order valence-electron chi connectivity index (χ2n) is 9.38. The minimum Gasteiger partial charge on any atom is -0.571 e. The van der Waals surface area contributed by atoms with Gasteiger partial charge in [0, 0.05) is 13.2 Å². The van der Waals surface area contributed by atoms with Gasteiger partial charge in [-0.15, -0.1) is 0 Å². The molecule has 0 aliphatic heterocycles. The second-order valence-corrected chi connectivity index (χ2v) is 19.0. The molecule has 0 bridgehead atoms. The third kappa shape index (κ3) is 6.19. The summed E-state index contributed by atoms with van der Waals surface area (Å²) in [4.78, 5) is 0. The molecule has 1 aromatic heterocycles. The fourth-order valence-electron chi connectivity index (χ4n) is 1.50. The SMILES string of the molecule is CC(C)(C)[Si](C)(C)OCc1[c-]coc1CO[Si](C)(C)C(C)(C)C.[Li+]. The topological polar surface area (TPSA) is 31.6 Å². The summed E-state index contributed by atoms with van der Waals surface area (Å²) in [6.45, 7) is 23.6. The van der Waals surface area contributed by atoms with E-state index in [-0.39, 0.29) is 28.9 Å². The predicted molar refractivity (Wildman–Crippen MR) is 102 cm³/mol. The van der Waals surface area contributed by atoms with Gasteiger partial charge in [0.15, 0.2) is 16.6 Å². The minimum absolute atomic E-state index is 0. The first kappa shape index (κ1) is 24.2. The molecule has 0 radical (unpaired) electrons. The summed E-state index contributed by atoms with van der Waals surface area (Å²) in [6, 6.07) is 3.17. The Balaban J connectivity index is 0.00000529. The van der Waals surface area contributed by atoms with Gasteiger partial charge in [0.2, 0.25) is 0 Å². The van der Waals surface area contributed by atoms with Crippen LogP contribution in [0.15, 0.2) is 10.7 Å². The number of furan rings is 1. The van der Waals surface area contributed by atoms with Gasteiger partial charge < -0.3 is 13.3 Å². The summed E-state index contributed by atoms with van der Waals surface area (Å²) < 4.78 is 18.1. The molecule has 0 aliphatic rings. The maximum atomic E-state index is 6.28. The first-order valence-corrected chi connectivity index (χ1v) is 14.2. The molecule has 0 saturated heterocycles. The maximum Gasteiger partial charge on any atom is 1.00 e. The van der Waals surface area contributed by atoms with Crippen molar-refractivity contribution in [1.29, 1.82) is 0 Å². The molecule has 0 amide bonds. The van der Waals surface area contributed by atoms with Crippen LogP contribution < -0.4 is 18.9 Å². The van der Waals surface area contributed by atoms with Gasteiger partial charge in [-0.25, -0.2) is 6.07 Å². The van der Waals surface area contributed by atoms with Crippen molar-refractivity contribution < 1.29 is 32.1 Å². The Morgan fingerprint density at radius 2 is 1.29 bits per heavy atom. The average molecular weight is 363 g/mol. The molecule has 0 aliphatic carbocycles. The molecule has 0 saturated carbocycles. The molecular formula is C18H35LiO3Si2. The molecule has 1 heterocycles. The van der Waals surface area contributed by atoms with Crippen LogP contribution in [0.25, 0.3) is 0 Å². The Morgan fingerprint density at radius 3 is 1.71 bits per heavy atom. The van der Waals surface area contributed by atoms with Crippen LogP contribution in [-0.2, 0) is 22.1 Å². The zero-order valence-electron chi connectivity index (χ0n) is 17.7. The van der Waals surface area contributed by atoms with E-state index < -0.39 is 16.6 Å². The Labute approximate surface area is 163 Å². The van der Waals surface area contributed by atoms with Crippen molar-refractivity contribution in [2.45, 2.75) is 91.0 Å². The molecule has 3 nitrogen and oxygen atoms in total. The van der Waals surface area contributed by atoms with Crippen LogP contribution in [0.1, 0.15) is 52.9 Å². The number of hydrogen-bond acceptors (Lipinski definition) is 3. The van der Waals surface area contributed by atoms with Crippen molar-refractivity contribution in [2.75, 3.05) is 0 Å². The minimum atomic E-state index is -1.78. The first-order chi connectivity index (χ1) is 10.2. The fourth-order valence-corrected chi connectivity index (χ4v) is 3.36. The number of rotatable bonds is 6. The average Bonchev–Trinajstić information content (AvgIpc) is 2.78. The molecule has 0 unspecified atom stereocenters. The Morgan fingerprint density at radius 1 is 0.875 bits per heavy atom. The summed E-state index contributed by atoms with van der Waals surface area (Å²) >= 11 is 0. The van der Waals surface area contributed by atoms with E-state index in [1.165, 1.54) is 0 Å². The molecule has 0 N–H and O–H groups in total. The predicted octanol–water partition coefficient (Wildman–Crippen LogP) is 3.13. The van der Waals surface area contributed by atoms with Gasteiger partial charge >= 0.3 is 18.9 Å². The normalized spacial score (nSPS) is 13.8. The van der Waals surface area contributed by atoms with Crippen LogP contribution in [0, 0.1) is 6.07 Å². The molecule has 1 aromatic rings. The zero-order chi connectivity index (χ0) is 18.1. The maximum absolute atomic E-state index is 6.28. The van der Waals surface area contributed by atoms with Gasteiger partial charge in [0.25, 0.3) is 0 Å². The van der Waals surface area contributed by atoms with E-state index in [1.54, 1.807) is 6.26 Å². The third-order valence-electron chi connectivity index (χ3n) is 5.52. The van der Waals surface area contributed by atoms with E-state index in [2.05, 4.69) is 73.8 Å². The standard InChI is InChI=1S/C18H35O3Si2.Li/c1-17(2,3)22(7,8)20-13-15-11-12-19-16(15)14-21-23(9,10)18(4,5)6;/h12H,13-14H2,1-10H3;/q-1;+1. The molecular weight excluding hydrogens is 327 g/mol. The Kier molecular flexibility index (Phi) is 8.36. The van der Waals surface area contributed by atoms with Gasteiger partial charge in [-0.1, -0.05) is 41.5 Å². The molecule has 24 heavy (non-hydrogen) atoms. The van der Waals surface area contributed by atoms with E-state index in [9.17, 15) is 0 Å². The summed E-state index contributed by atoms with van der Waals surface area (Å²) in [5, 5.41) is 0.398. The van der Waals surface area contributed by atoms with Crippen LogP contribution in [0.4, 0.5) is 0 Å². The van der Waals surface area contributed by atoms with E-state index >= 15 is 0 Å². The van der Waals surface area contributed by atoms with Gasteiger partial charge in [0.05, 0.1) is 0 Å². The molecule has 0 fully saturated rings. The van der Waals surface area contributed by atoms with Crippen LogP contribution in [-0.4, -0.2) is 16.6 Å². The van der Waals surface area contributed by atoms with E-state index in [1.807, 2.05) is 0 Å². The van der Waals surface area contributed by atoms with Crippen molar-refractivity contribution in [2.24, 2.45) is 0 Å². The monoisotopic (exact) mass is 362 g/mol. The fraction of sp³-hybridized carbons (Fsp3) is 0.778. The van der Waals surface area contributed by atoms with Crippen LogP contribution in [0.3, 0.4) is 0 Å². The van der Waals surface area contributed by atoms with Crippen LogP contribution >= 0.6 is 0 Å². The van der Waals surface area contributed by atoms with Crippen LogP contribution in [0.2, 0.25) is 36.3 Å². The van der Waals surface area contributed by atoms with Crippen molar-refractivity contribution in [1.82, 2.24) is 0 Å². The van der Waals surface area contributed by atoms with Gasteiger partial charge in [0.1, 0.15) is 0 Å². The van der Waals surface area contributed by atoms with Gasteiger partial charge in [-0.2, -0.15) is 5.56 Å². The molecule has 1 rings (SSSR count). The van der Waals surface area contributed by atoms with Crippen LogP contribution in [0.5, 0.6) is 0 Å². The van der Waals surface area contributed by atoms with Crippen molar-refractivity contribution in [3.8, 4) is 0 Å². The van der Waals surface area contributed by atoms with E-state index in [0.29, 0.717) is 13.2 Å². The number of hydrogen-bond donors (Lipinski definition) is 0. The largest absolute Gasteiger partial charge is 1.00 e. The molecule has 0 aromatic carbocycles. The van der Waals surface area contributed by atoms with E-state index in [0.717, 1.165) is 11.3 Å². The molecule has 134 valence electrons. The van der Waals surface area contributed by atoms with E-state index in [4.69, 9.17) is 13.3 Å². The molecule has 0 spiro atoms. The van der Waals surface area contributed by atoms with Crippen molar-refractivity contribution in [3.63, 3.8) is 0 Å². The van der Waals surface area contributed by atoms with Crippen molar-refractivity contribution >= 4 is 16.6 Å². The quantitative estimate of drug-likeness (QED) is 0.575. The van der Waals surface area contributed by atoms with Gasteiger partial charge in [-0.05, 0) is 48.3 Å².